The van der Waals surface area contributed by atoms with Gasteiger partial charge in [-0.1, -0.05) is 6.08 Å². The van der Waals surface area contributed by atoms with E-state index in [2.05, 4.69) is 16.5 Å². The molecule has 1 aromatic heterocycles. The van der Waals surface area contributed by atoms with Gasteiger partial charge in [0.1, 0.15) is 11.9 Å². The Morgan fingerprint density at radius 3 is 3.00 bits per heavy atom. The molecular weight excluding hydrogens is 314 g/mol. The first-order chi connectivity index (χ1) is 12.1. The van der Waals surface area contributed by atoms with Crippen molar-refractivity contribution in [3.05, 3.63) is 48.7 Å². The molecule has 2 aromatic rings. The third-order valence-electron chi connectivity index (χ3n) is 6.04. The molecule has 2 unspecified atom stereocenters. The lowest BCUT2D eigenvalue weighted by Gasteiger charge is -2.56. The summed E-state index contributed by atoms with van der Waals surface area (Å²) in [5.74, 6) is 1.70. The van der Waals surface area contributed by atoms with Crippen LogP contribution in [0.15, 0.2) is 43.1 Å². The summed E-state index contributed by atoms with van der Waals surface area (Å²) in [4.78, 5) is 6.64. The Kier molecular flexibility index (Phi) is 4.02. The maximum Gasteiger partial charge on any atom is 0.119 e. The molecule has 3 aliphatic rings. The molecule has 0 saturated carbocycles. The van der Waals surface area contributed by atoms with E-state index in [1.165, 1.54) is 0 Å². The molecule has 3 fully saturated rings. The summed E-state index contributed by atoms with van der Waals surface area (Å²) in [6, 6.07) is 7.59. The topological polar surface area (TPSA) is 71.6 Å². The quantitative estimate of drug-likeness (QED) is 0.837. The van der Waals surface area contributed by atoms with Crippen molar-refractivity contribution in [3.8, 4) is 5.75 Å². The number of aromatic nitrogens is 1. The number of benzene rings is 1. The highest BCUT2D eigenvalue weighted by Crippen LogP contribution is 2.46. The van der Waals surface area contributed by atoms with Gasteiger partial charge in [0.05, 0.1) is 18.3 Å². The minimum Gasteiger partial charge on any atom is -0.497 e. The summed E-state index contributed by atoms with van der Waals surface area (Å²) < 4.78 is 5.34. The number of methoxy groups -OCH3 is 1. The molecule has 5 atom stereocenters. The second kappa shape index (κ2) is 6.09. The van der Waals surface area contributed by atoms with Crippen molar-refractivity contribution in [1.29, 1.82) is 0 Å². The normalized spacial score (nSPS) is 32.5. The van der Waals surface area contributed by atoms with Crippen LogP contribution >= 0.6 is 0 Å². The van der Waals surface area contributed by atoms with E-state index in [1.54, 1.807) is 13.3 Å². The standard InChI is InChI=1S/C20H25N3O2/c1-3-13-12-23-9-7-14(13)11-20(23,21)19(24)16-6-8-22-18-5-4-15(25-2)10-17(16)18/h3-6,8,10,13-14,19,24H,1,7,9,11-12,21H2,2H3/t13-,14?,19+,20-/m0/s1. The number of nitrogens with two attached hydrogens (primary N) is 1. The molecule has 0 amide bonds. The fraction of sp³-hybridized carbons (Fsp3) is 0.450. The van der Waals surface area contributed by atoms with Gasteiger partial charge in [0, 0.05) is 24.7 Å². The largest absolute Gasteiger partial charge is 0.497 e. The molecule has 5 nitrogen and oxygen atoms in total. The second-order valence-electron chi connectivity index (χ2n) is 7.28. The summed E-state index contributed by atoms with van der Waals surface area (Å²) in [5.41, 5.74) is 7.69. The van der Waals surface area contributed by atoms with Crippen LogP contribution in [-0.4, -0.2) is 40.9 Å². The number of fused-ring (bicyclic) bond motifs is 4. The molecule has 4 heterocycles. The van der Waals surface area contributed by atoms with Crippen molar-refractivity contribution < 1.29 is 9.84 Å². The van der Waals surface area contributed by atoms with Gasteiger partial charge in [-0.3, -0.25) is 9.88 Å². The average molecular weight is 339 g/mol. The highest BCUT2D eigenvalue weighted by atomic mass is 16.5. The van der Waals surface area contributed by atoms with E-state index in [0.717, 1.165) is 48.1 Å². The van der Waals surface area contributed by atoms with E-state index in [0.29, 0.717) is 11.8 Å². The monoisotopic (exact) mass is 339 g/mol. The third kappa shape index (κ3) is 2.54. The molecule has 0 radical (unpaired) electrons. The van der Waals surface area contributed by atoms with Gasteiger partial charge in [-0.05, 0) is 54.5 Å². The van der Waals surface area contributed by atoms with Gasteiger partial charge in [0.25, 0.3) is 0 Å². The van der Waals surface area contributed by atoms with Crippen LogP contribution < -0.4 is 10.5 Å². The number of hydrogen-bond acceptors (Lipinski definition) is 5. The summed E-state index contributed by atoms with van der Waals surface area (Å²) >= 11 is 0. The van der Waals surface area contributed by atoms with Crippen LogP contribution in [0.3, 0.4) is 0 Å². The molecule has 3 N–H and O–H groups in total. The summed E-state index contributed by atoms with van der Waals surface area (Å²) in [7, 11) is 1.64. The first kappa shape index (κ1) is 16.5. The SMILES string of the molecule is C=C[C@H]1CN2CCC1C[C@@]2(N)[C@H](O)c1ccnc2ccc(OC)cc12. The van der Waals surface area contributed by atoms with Crippen LogP contribution in [0, 0.1) is 11.8 Å². The van der Waals surface area contributed by atoms with Crippen molar-refractivity contribution in [3.63, 3.8) is 0 Å². The number of nitrogens with zero attached hydrogens (tertiary/aromatic N) is 2. The van der Waals surface area contributed by atoms with Crippen molar-refractivity contribution in [2.75, 3.05) is 20.2 Å². The van der Waals surface area contributed by atoms with Crippen LogP contribution in [0.2, 0.25) is 0 Å². The van der Waals surface area contributed by atoms with E-state index < -0.39 is 11.8 Å². The molecule has 3 saturated heterocycles. The zero-order chi connectivity index (χ0) is 17.6. The predicted octanol–water partition coefficient (Wildman–Crippen LogP) is 2.46. The lowest BCUT2D eigenvalue weighted by atomic mass is 9.70. The first-order valence-electron chi connectivity index (χ1n) is 8.84. The highest BCUT2D eigenvalue weighted by molar-refractivity contribution is 5.84. The number of piperidine rings is 3. The molecule has 132 valence electrons. The smallest absolute Gasteiger partial charge is 0.119 e. The Balaban J connectivity index is 1.75. The van der Waals surface area contributed by atoms with Crippen LogP contribution in [0.1, 0.15) is 24.5 Å². The van der Waals surface area contributed by atoms with Crippen molar-refractivity contribution >= 4 is 10.9 Å². The Morgan fingerprint density at radius 1 is 1.48 bits per heavy atom. The van der Waals surface area contributed by atoms with E-state index >= 15 is 0 Å². The highest BCUT2D eigenvalue weighted by Gasteiger charge is 2.51. The lowest BCUT2D eigenvalue weighted by Crippen LogP contribution is -2.68. The van der Waals surface area contributed by atoms with Crippen molar-refractivity contribution in [2.45, 2.75) is 24.6 Å². The Bertz CT molecular complexity index is 809. The molecule has 1 aromatic carbocycles. The maximum atomic E-state index is 11.3. The van der Waals surface area contributed by atoms with Gasteiger partial charge in [-0.2, -0.15) is 0 Å². The lowest BCUT2D eigenvalue weighted by molar-refractivity contribution is -0.114. The summed E-state index contributed by atoms with van der Waals surface area (Å²) in [5, 5.41) is 12.2. The zero-order valence-corrected chi connectivity index (χ0v) is 14.6. The summed E-state index contributed by atoms with van der Waals surface area (Å²) in [6.45, 7) is 5.76. The summed E-state index contributed by atoms with van der Waals surface area (Å²) in [6.07, 6.45) is 4.89. The molecular formula is C20H25N3O2. The van der Waals surface area contributed by atoms with Gasteiger partial charge in [0.2, 0.25) is 0 Å². The number of aliphatic hydroxyl groups is 1. The van der Waals surface area contributed by atoms with Crippen molar-refractivity contribution in [2.24, 2.45) is 17.6 Å². The Labute approximate surface area is 148 Å². The predicted molar refractivity (Wildman–Crippen MR) is 98.2 cm³/mol. The molecule has 0 spiro atoms. The van der Waals surface area contributed by atoms with Gasteiger partial charge >= 0.3 is 0 Å². The molecule has 5 heteroatoms. The fourth-order valence-corrected chi connectivity index (χ4v) is 4.54. The van der Waals surface area contributed by atoms with E-state index in [9.17, 15) is 5.11 Å². The van der Waals surface area contributed by atoms with Gasteiger partial charge < -0.3 is 15.6 Å². The number of ether oxygens (including phenoxy) is 1. The van der Waals surface area contributed by atoms with E-state index in [-0.39, 0.29) is 0 Å². The first-order valence-corrected chi connectivity index (χ1v) is 8.84. The van der Waals surface area contributed by atoms with Gasteiger partial charge in [-0.25, -0.2) is 0 Å². The van der Waals surface area contributed by atoms with Crippen molar-refractivity contribution in [1.82, 2.24) is 9.88 Å². The minimum atomic E-state index is -0.779. The molecule has 5 rings (SSSR count). The molecule has 25 heavy (non-hydrogen) atoms. The minimum absolute atomic E-state index is 0.465. The van der Waals surface area contributed by atoms with E-state index in [1.807, 2.05) is 30.3 Å². The van der Waals surface area contributed by atoms with Crippen LogP contribution in [-0.2, 0) is 0 Å². The number of hydrogen-bond donors (Lipinski definition) is 2. The maximum absolute atomic E-state index is 11.3. The van der Waals surface area contributed by atoms with Crippen LogP contribution in [0.4, 0.5) is 0 Å². The Hall–Kier alpha value is -1.95. The third-order valence-corrected chi connectivity index (χ3v) is 6.04. The fourth-order valence-electron chi connectivity index (χ4n) is 4.54. The second-order valence-corrected chi connectivity index (χ2v) is 7.28. The Morgan fingerprint density at radius 2 is 2.32 bits per heavy atom. The molecule has 2 bridgehead atoms. The van der Waals surface area contributed by atoms with Crippen LogP contribution in [0.25, 0.3) is 10.9 Å². The zero-order valence-electron chi connectivity index (χ0n) is 14.6. The number of aliphatic hydroxyl groups excluding tert-OH is 1. The van der Waals surface area contributed by atoms with Gasteiger partial charge in [-0.15, -0.1) is 6.58 Å². The van der Waals surface area contributed by atoms with Crippen LogP contribution in [0.5, 0.6) is 5.75 Å². The number of rotatable bonds is 4. The molecule has 0 aliphatic carbocycles. The number of pyridine rings is 1. The molecule has 3 aliphatic heterocycles. The van der Waals surface area contributed by atoms with E-state index in [4.69, 9.17) is 10.5 Å². The van der Waals surface area contributed by atoms with Gasteiger partial charge in [0.15, 0.2) is 0 Å². The average Bonchev–Trinajstić information content (AvgIpc) is 2.66.